The second-order valence-electron chi connectivity index (χ2n) is 5.63. The van der Waals surface area contributed by atoms with Gasteiger partial charge in [0, 0.05) is 12.6 Å². The fraction of sp³-hybridized carbons (Fsp3) is 0.917. The Morgan fingerprint density at radius 3 is 2.38 bits per heavy atom. The standard InChI is InChI=1S/C12H20N2O2/c13-12(5-6-16-7-12)11(15)14-10(8-1-2-8)9-3-4-9/h8-10H,1-7,13H2,(H,14,15). The zero-order valence-electron chi connectivity index (χ0n) is 9.58. The number of carbonyl (C=O) groups excluding carboxylic acids is 1. The van der Waals surface area contributed by atoms with Gasteiger partial charge in [0.1, 0.15) is 5.54 Å². The zero-order valence-corrected chi connectivity index (χ0v) is 9.58. The van der Waals surface area contributed by atoms with E-state index in [9.17, 15) is 4.79 Å². The second kappa shape index (κ2) is 3.70. The summed E-state index contributed by atoms with van der Waals surface area (Å²) >= 11 is 0. The summed E-state index contributed by atoms with van der Waals surface area (Å²) in [6.45, 7) is 0.988. The van der Waals surface area contributed by atoms with E-state index in [2.05, 4.69) is 5.32 Å². The zero-order chi connectivity index (χ0) is 11.2. The van der Waals surface area contributed by atoms with E-state index in [0.717, 1.165) is 11.8 Å². The predicted octanol–water partition coefficient (Wildman–Crippen LogP) is 0.409. The monoisotopic (exact) mass is 224 g/mol. The summed E-state index contributed by atoms with van der Waals surface area (Å²) in [7, 11) is 0. The highest BCUT2D eigenvalue weighted by Crippen LogP contribution is 2.44. The Kier molecular flexibility index (Phi) is 2.44. The summed E-state index contributed by atoms with van der Waals surface area (Å²) in [5.41, 5.74) is 5.29. The first-order valence-electron chi connectivity index (χ1n) is 6.37. The van der Waals surface area contributed by atoms with Gasteiger partial charge in [-0.05, 0) is 43.9 Å². The maximum atomic E-state index is 12.1. The van der Waals surface area contributed by atoms with E-state index < -0.39 is 5.54 Å². The van der Waals surface area contributed by atoms with Gasteiger partial charge in [0.15, 0.2) is 0 Å². The van der Waals surface area contributed by atoms with Crippen LogP contribution in [0.5, 0.6) is 0 Å². The van der Waals surface area contributed by atoms with Crippen molar-refractivity contribution < 1.29 is 9.53 Å². The van der Waals surface area contributed by atoms with Gasteiger partial charge < -0.3 is 15.8 Å². The Hall–Kier alpha value is -0.610. The Bertz CT molecular complexity index is 279. The molecule has 0 radical (unpaired) electrons. The lowest BCUT2D eigenvalue weighted by molar-refractivity contribution is -0.127. The summed E-state index contributed by atoms with van der Waals surface area (Å²) in [6.07, 6.45) is 5.75. The van der Waals surface area contributed by atoms with Crippen LogP contribution >= 0.6 is 0 Å². The van der Waals surface area contributed by atoms with Crippen LogP contribution in [-0.4, -0.2) is 30.7 Å². The summed E-state index contributed by atoms with van der Waals surface area (Å²) in [4.78, 5) is 12.1. The van der Waals surface area contributed by atoms with Crippen molar-refractivity contribution in [3.63, 3.8) is 0 Å². The molecule has 2 aliphatic carbocycles. The first-order valence-corrected chi connectivity index (χ1v) is 6.37. The van der Waals surface area contributed by atoms with E-state index >= 15 is 0 Å². The average Bonchev–Trinajstić information content (AvgIpc) is 3.16. The highest BCUT2D eigenvalue weighted by Gasteiger charge is 2.45. The molecule has 3 N–H and O–H groups in total. The van der Waals surface area contributed by atoms with Crippen molar-refractivity contribution in [3.05, 3.63) is 0 Å². The quantitative estimate of drug-likeness (QED) is 0.727. The molecular formula is C12H20N2O2. The SMILES string of the molecule is NC1(C(=O)NC(C2CC2)C2CC2)CCOC1. The lowest BCUT2D eigenvalue weighted by Gasteiger charge is -2.25. The maximum Gasteiger partial charge on any atom is 0.242 e. The molecular weight excluding hydrogens is 204 g/mol. The number of rotatable bonds is 4. The Labute approximate surface area is 95.9 Å². The number of nitrogens with one attached hydrogen (secondary N) is 1. The van der Waals surface area contributed by atoms with Crippen LogP contribution in [0.2, 0.25) is 0 Å². The molecule has 0 spiro atoms. The molecule has 0 aromatic rings. The molecule has 1 unspecified atom stereocenters. The van der Waals surface area contributed by atoms with Gasteiger partial charge in [0.2, 0.25) is 5.91 Å². The molecule has 4 nitrogen and oxygen atoms in total. The van der Waals surface area contributed by atoms with Gasteiger partial charge in [-0.2, -0.15) is 0 Å². The van der Waals surface area contributed by atoms with E-state index in [1.54, 1.807) is 0 Å². The molecule has 0 aromatic carbocycles. The summed E-state index contributed by atoms with van der Waals surface area (Å²) in [5.74, 6) is 1.46. The van der Waals surface area contributed by atoms with Crippen LogP contribution in [0.3, 0.4) is 0 Å². The molecule has 1 atom stereocenters. The van der Waals surface area contributed by atoms with Crippen LogP contribution in [0.4, 0.5) is 0 Å². The lowest BCUT2D eigenvalue weighted by atomic mass is 9.97. The fourth-order valence-electron chi connectivity index (χ4n) is 2.59. The van der Waals surface area contributed by atoms with E-state index in [0.29, 0.717) is 25.7 Å². The van der Waals surface area contributed by atoms with Crippen LogP contribution in [0.15, 0.2) is 0 Å². The van der Waals surface area contributed by atoms with Crippen LogP contribution < -0.4 is 11.1 Å². The predicted molar refractivity (Wildman–Crippen MR) is 59.7 cm³/mol. The first kappa shape index (κ1) is 10.5. The molecule has 3 rings (SSSR count). The van der Waals surface area contributed by atoms with Gasteiger partial charge in [0.05, 0.1) is 6.61 Å². The van der Waals surface area contributed by atoms with Gasteiger partial charge in [-0.15, -0.1) is 0 Å². The number of hydrogen-bond acceptors (Lipinski definition) is 3. The molecule has 1 saturated heterocycles. The number of hydrogen-bond donors (Lipinski definition) is 2. The van der Waals surface area contributed by atoms with Gasteiger partial charge >= 0.3 is 0 Å². The molecule has 16 heavy (non-hydrogen) atoms. The minimum Gasteiger partial charge on any atom is -0.379 e. The van der Waals surface area contributed by atoms with Crippen molar-refractivity contribution in [1.82, 2.24) is 5.32 Å². The Morgan fingerprint density at radius 1 is 1.31 bits per heavy atom. The molecule has 1 heterocycles. The number of nitrogens with two attached hydrogens (primary N) is 1. The van der Waals surface area contributed by atoms with Crippen molar-refractivity contribution in [1.29, 1.82) is 0 Å². The summed E-state index contributed by atoms with van der Waals surface area (Å²) in [6, 6.07) is 0.397. The molecule has 1 aliphatic heterocycles. The summed E-state index contributed by atoms with van der Waals surface area (Å²) in [5, 5.41) is 3.18. The molecule has 4 heteroatoms. The van der Waals surface area contributed by atoms with Crippen molar-refractivity contribution in [2.24, 2.45) is 17.6 Å². The molecule has 0 bridgehead atoms. The fourth-order valence-corrected chi connectivity index (χ4v) is 2.59. The number of ether oxygens (including phenoxy) is 1. The third kappa shape index (κ3) is 1.96. The van der Waals surface area contributed by atoms with Gasteiger partial charge in [-0.25, -0.2) is 0 Å². The largest absolute Gasteiger partial charge is 0.379 e. The second-order valence-corrected chi connectivity index (χ2v) is 5.63. The average molecular weight is 224 g/mol. The molecule has 1 amide bonds. The van der Waals surface area contributed by atoms with Crippen molar-refractivity contribution in [3.8, 4) is 0 Å². The molecule has 3 fully saturated rings. The third-order valence-electron chi connectivity index (χ3n) is 4.06. The maximum absolute atomic E-state index is 12.1. The van der Waals surface area contributed by atoms with E-state index in [4.69, 9.17) is 10.5 Å². The molecule has 3 aliphatic rings. The van der Waals surface area contributed by atoms with E-state index in [1.807, 2.05) is 0 Å². The van der Waals surface area contributed by atoms with E-state index in [-0.39, 0.29) is 5.91 Å². The van der Waals surface area contributed by atoms with Gasteiger partial charge in [-0.3, -0.25) is 4.79 Å². The Balaban J connectivity index is 1.61. The highest BCUT2D eigenvalue weighted by molar-refractivity contribution is 5.86. The molecule has 2 saturated carbocycles. The molecule has 0 aromatic heterocycles. The van der Waals surface area contributed by atoms with Crippen LogP contribution in [-0.2, 0) is 9.53 Å². The topological polar surface area (TPSA) is 64.4 Å². The normalized spacial score (nSPS) is 34.4. The minimum atomic E-state index is -0.762. The first-order chi connectivity index (χ1) is 7.69. The highest BCUT2D eigenvalue weighted by atomic mass is 16.5. The van der Waals surface area contributed by atoms with Crippen molar-refractivity contribution >= 4 is 5.91 Å². The lowest BCUT2D eigenvalue weighted by Crippen LogP contribution is -2.57. The Morgan fingerprint density at radius 2 is 1.94 bits per heavy atom. The van der Waals surface area contributed by atoms with Crippen LogP contribution in [0.25, 0.3) is 0 Å². The summed E-state index contributed by atoms with van der Waals surface area (Å²) < 4.78 is 5.23. The molecule has 90 valence electrons. The number of amides is 1. The minimum absolute atomic E-state index is 0.00815. The van der Waals surface area contributed by atoms with Crippen LogP contribution in [0, 0.1) is 11.8 Å². The van der Waals surface area contributed by atoms with Gasteiger partial charge in [0.25, 0.3) is 0 Å². The smallest absolute Gasteiger partial charge is 0.242 e. The number of carbonyl (C=O) groups is 1. The third-order valence-corrected chi connectivity index (χ3v) is 4.06. The van der Waals surface area contributed by atoms with Gasteiger partial charge in [-0.1, -0.05) is 0 Å². The van der Waals surface area contributed by atoms with Crippen molar-refractivity contribution in [2.45, 2.75) is 43.7 Å². The van der Waals surface area contributed by atoms with E-state index in [1.165, 1.54) is 25.7 Å². The van der Waals surface area contributed by atoms with Crippen LogP contribution in [0.1, 0.15) is 32.1 Å². The van der Waals surface area contributed by atoms with Crippen molar-refractivity contribution in [2.75, 3.05) is 13.2 Å².